The Hall–Kier alpha value is -3.21. The third kappa shape index (κ3) is 2.64. The van der Waals surface area contributed by atoms with Crippen LogP contribution < -0.4 is 10.7 Å². The maximum absolute atomic E-state index is 12.4. The summed E-state index contributed by atoms with van der Waals surface area (Å²) in [5.41, 5.74) is 0.552. The van der Waals surface area contributed by atoms with E-state index >= 15 is 0 Å². The molecule has 116 valence electrons. The predicted molar refractivity (Wildman–Crippen MR) is 89.9 cm³/mol. The Morgan fingerprint density at radius 2 is 1.91 bits per heavy atom. The quantitative estimate of drug-likeness (QED) is 0.508. The SMILES string of the molecule is C=CCNc1c(O)cc2oc(-c3ccccc3)cc(=O)c2c1O. The van der Waals surface area contributed by atoms with E-state index in [2.05, 4.69) is 11.9 Å². The van der Waals surface area contributed by atoms with Crippen LogP contribution in [0.1, 0.15) is 0 Å². The summed E-state index contributed by atoms with van der Waals surface area (Å²) in [7, 11) is 0. The van der Waals surface area contributed by atoms with Gasteiger partial charge in [-0.15, -0.1) is 6.58 Å². The van der Waals surface area contributed by atoms with Crippen molar-refractivity contribution < 1.29 is 14.6 Å². The number of anilines is 1. The summed E-state index contributed by atoms with van der Waals surface area (Å²) in [6, 6.07) is 11.8. The fraction of sp³-hybridized carbons (Fsp3) is 0.0556. The van der Waals surface area contributed by atoms with Crippen molar-refractivity contribution in [2.24, 2.45) is 0 Å². The molecule has 0 saturated heterocycles. The Morgan fingerprint density at radius 1 is 1.17 bits per heavy atom. The zero-order chi connectivity index (χ0) is 16.4. The average molecular weight is 309 g/mol. The van der Waals surface area contributed by atoms with E-state index in [9.17, 15) is 15.0 Å². The fourth-order valence-electron chi connectivity index (χ4n) is 2.38. The normalized spacial score (nSPS) is 10.6. The van der Waals surface area contributed by atoms with Crippen LogP contribution in [0, 0.1) is 0 Å². The maximum Gasteiger partial charge on any atom is 0.197 e. The van der Waals surface area contributed by atoms with Crippen molar-refractivity contribution in [2.45, 2.75) is 0 Å². The number of nitrogens with one attached hydrogen (secondary N) is 1. The van der Waals surface area contributed by atoms with Gasteiger partial charge in [0.05, 0.1) is 0 Å². The summed E-state index contributed by atoms with van der Waals surface area (Å²) in [4.78, 5) is 12.4. The second-order valence-electron chi connectivity index (χ2n) is 5.00. The summed E-state index contributed by atoms with van der Waals surface area (Å²) in [5, 5.41) is 23.2. The molecule has 0 amide bonds. The zero-order valence-corrected chi connectivity index (χ0v) is 12.2. The van der Waals surface area contributed by atoms with Gasteiger partial charge in [-0.2, -0.15) is 0 Å². The van der Waals surface area contributed by atoms with Crippen molar-refractivity contribution >= 4 is 16.7 Å². The van der Waals surface area contributed by atoms with E-state index < -0.39 is 0 Å². The first-order valence-corrected chi connectivity index (χ1v) is 7.05. The lowest BCUT2D eigenvalue weighted by Crippen LogP contribution is -2.04. The number of phenols is 2. The monoisotopic (exact) mass is 309 g/mol. The molecule has 0 fully saturated rings. The van der Waals surface area contributed by atoms with E-state index in [-0.39, 0.29) is 33.6 Å². The lowest BCUT2D eigenvalue weighted by Gasteiger charge is -2.11. The van der Waals surface area contributed by atoms with Gasteiger partial charge in [-0.25, -0.2) is 0 Å². The lowest BCUT2D eigenvalue weighted by molar-refractivity contribution is 0.456. The molecule has 0 atom stereocenters. The van der Waals surface area contributed by atoms with E-state index in [4.69, 9.17) is 4.42 Å². The summed E-state index contributed by atoms with van der Waals surface area (Å²) < 4.78 is 5.68. The second-order valence-corrected chi connectivity index (χ2v) is 5.00. The molecular weight excluding hydrogens is 294 g/mol. The lowest BCUT2D eigenvalue weighted by atomic mass is 10.1. The van der Waals surface area contributed by atoms with Gasteiger partial charge in [-0.3, -0.25) is 4.79 Å². The van der Waals surface area contributed by atoms with Crippen molar-refractivity contribution in [3.8, 4) is 22.8 Å². The van der Waals surface area contributed by atoms with Crippen molar-refractivity contribution in [2.75, 3.05) is 11.9 Å². The van der Waals surface area contributed by atoms with Crippen LogP contribution >= 0.6 is 0 Å². The molecular formula is C18H15NO4. The third-order valence-electron chi connectivity index (χ3n) is 3.45. The molecule has 0 aliphatic rings. The Balaban J connectivity index is 2.23. The molecule has 0 radical (unpaired) electrons. The van der Waals surface area contributed by atoms with E-state index in [1.54, 1.807) is 6.08 Å². The van der Waals surface area contributed by atoms with Gasteiger partial charge in [-0.1, -0.05) is 36.4 Å². The molecule has 1 heterocycles. The van der Waals surface area contributed by atoms with E-state index in [1.807, 2.05) is 30.3 Å². The van der Waals surface area contributed by atoms with Crippen LogP contribution in [0.25, 0.3) is 22.3 Å². The molecule has 0 aliphatic heterocycles. The highest BCUT2D eigenvalue weighted by Gasteiger charge is 2.17. The highest BCUT2D eigenvalue weighted by molar-refractivity contribution is 5.93. The predicted octanol–water partition coefficient (Wildman–Crippen LogP) is 3.47. The number of rotatable bonds is 4. The Labute approximate surface area is 132 Å². The minimum Gasteiger partial charge on any atom is -0.505 e. The molecule has 1 aromatic heterocycles. The van der Waals surface area contributed by atoms with Crippen LogP contribution in [0.3, 0.4) is 0 Å². The summed E-state index contributed by atoms with van der Waals surface area (Å²) in [5.74, 6) is -0.172. The molecule has 3 aromatic rings. The van der Waals surface area contributed by atoms with Crippen LogP contribution in [-0.2, 0) is 0 Å². The molecule has 5 nitrogen and oxygen atoms in total. The van der Waals surface area contributed by atoms with Crippen LogP contribution in [0.2, 0.25) is 0 Å². The zero-order valence-electron chi connectivity index (χ0n) is 12.2. The van der Waals surface area contributed by atoms with E-state index in [1.165, 1.54) is 12.1 Å². The summed E-state index contributed by atoms with van der Waals surface area (Å²) >= 11 is 0. The van der Waals surface area contributed by atoms with Gasteiger partial charge in [0.1, 0.15) is 28.2 Å². The Kier molecular flexibility index (Phi) is 3.76. The number of fused-ring (bicyclic) bond motifs is 1. The van der Waals surface area contributed by atoms with Gasteiger partial charge in [-0.05, 0) is 0 Å². The number of hydrogen-bond acceptors (Lipinski definition) is 5. The molecule has 0 spiro atoms. The summed E-state index contributed by atoms with van der Waals surface area (Å²) in [6.07, 6.45) is 1.57. The Bertz CT molecular complexity index is 929. The highest BCUT2D eigenvalue weighted by atomic mass is 16.3. The first-order chi connectivity index (χ1) is 11.1. The van der Waals surface area contributed by atoms with Gasteiger partial charge >= 0.3 is 0 Å². The van der Waals surface area contributed by atoms with Crippen LogP contribution in [0.5, 0.6) is 11.5 Å². The van der Waals surface area contributed by atoms with Crippen LogP contribution in [0.15, 0.2) is 64.3 Å². The van der Waals surface area contributed by atoms with E-state index in [0.717, 1.165) is 5.56 Å². The number of aromatic hydroxyl groups is 2. The minimum atomic E-state index is -0.385. The van der Waals surface area contributed by atoms with E-state index in [0.29, 0.717) is 12.3 Å². The molecule has 23 heavy (non-hydrogen) atoms. The highest BCUT2D eigenvalue weighted by Crippen LogP contribution is 2.39. The fourth-order valence-corrected chi connectivity index (χ4v) is 2.38. The third-order valence-corrected chi connectivity index (χ3v) is 3.45. The van der Waals surface area contributed by atoms with Crippen molar-refractivity contribution in [1.29, 1.82) is 0 Å². The number of phenolic OH excluding ortho intramolecular Hbond substituents is 2. The second kappa shape index (κ2) is 5.88. The van der Waals surface area contributed by atoms with Gasteiger partial charge in [0.25, 0.3) is 0 Å². The minimum absolute atomic E-state index is 0.0223. The topological polar surface area (TPSA) is 82.7 Å². The standard InChI is InChI=1S/C18H15NO4/c1-2-8-19-17-13(21)10-15-16(18(17)22)12(20)9-14(23-15)11-6-4-3-5-7-11/h2-7,9-10,19,21-22H,1,8H2. The average Bonchev–Trinajstić information content (AvgIpc) is 2.54. The van der Waals surface area contributed by atoms with Crippen LogP contribution in [0.4, 0.5) is 5.69 Å². The molecule has 0 unspecified atom stereocenters. The molecule has 3 N–H and O–H groups in total. The van der Waals surface area contributed by atoms with Gasteiger partial charge in [0.2, 0.25) is 0 Å². The maximum atomic E-state index is 12.4. The van der Waals surface area contributed by atoms with Crippen molar-refractivity contribution in [1.82, 2.24) is 0 Å². The molecule has 0 aliphatic carbocycles. The van der Waals surface area contributed by atoms with Crippen LogP contribution in [-0.4, -0.2) is 16.8 Å². The first kappa shape index (κ1) is 14.7. The number of benzene rings is 2. The summed E-state index contributed by atoms with van der Waals surface area (Å²) in [6.45, 7) is 3.89. The van der Waals surface area contributed by atoms with Crippen molar-refractivity contribution in [3.63, 3.8) is 0 Å². The van der Waals surface area contributed by atoms with Gasteiger partial charge in [0, 0.05) is 24.2 Å². The molecule has 5 heteroatoms. The molecule has 2 aromatic carbocycles. The Morgan fingerprint density at radius 3 is 2.61 bits per heavy atom. The number of hydrogen-bond donors (Lipinski definition) is 3. The van der Waals surface area contributed by atoms with Gasteiger partial charge in [0.15, 0.2) is 11.2 Å². The van der Waals surface area contributed by atoms with Crippen molar-refractivity contribution in [3.05, 3.63) is 65.3 Å². The largest absolute Gasteiger partial charge is 0.505 e. The van der Waals surface area contributed by atoms with Gasteiger partial charge < -0.3 is 19.9 Å². The molecule has 0 saturated carbocycles. The molecule has 3 rings (SSSR count). The first-order valence-electron chi connectivity index (χ1n) is 7.05. The smallest absolute Gasteiger partial charge is 0.197 e. The molecule has 0 bridgehead atoms.